The van der Waals surface area contributed by atoms with E-state index in [4.69, 9.17) is 10.00 Å². The monoisotopic (exact) mass is 433 g/mol. The van der Waals surface area contributed by atoms with Crippen LogP contribution in [0.15, 0.2) is 54.9 Å². The summed E-state index contributed by atoms with van der Waals surface area (Å²) in [5, 5.41) is 15.0. The van der Waals surface area contributed by atoms with E-state index in [1.807, 2.05) is 25.1 Å². The van der Waals surface area contributed by atoms with Crippen LogP contribution in [-0.4, -0.2) is 29.5 Å². The van der Waals surface area contributed by atoms with Gasteiger partial charge in [0.2, 0.25) is 5.91 Å². The fourth-order valence-electron chi connectivity index (χ4n) is 3.16. The molecule has 32 heavy (non-hydrogen) atoms. The second kappa shape index (κ2) is 11.0. The number of benzene rings is 2. The van der Waals surface area contributed by atoms with E-state index in [2.05, 4.69) is 20.6 Å². The Hall–Kier alpha value is -3.83. The second-order valence-corrected chi connectivity index (χ2v) is 7.24. The van der Waals surface area contributed by atoms with E-state index in [-0.39, 0.29) is 29.9 Å². The number of aromatic nitrogens is 2. The third-order valence-corrected chi connectivity index (χ3v) is 4.94. The lowest BCUT2D eigenvalue weighted by molar-refractivity contribution is -0.115. The van der Waals surface area contributed by atoms with E-state index in [1.165, 1.54) is 24.5 Å². The number of nitriles is 1. The van der Waals surface area contributed by atoms with Crippen LogP contribution in [0.2, 0.25) is 0 Å². The summed E-state index contributed by atoms with van der Waals surface area (Å²) in [5.74, 6) is 0.0586. The van der Waals surface area contributed by atoms with Crippen molar-refractivity contribution >= 4 is 11.6 Å². The number of amides is 1. The number of nitrogens with one attached hydrogen (secondary N) is 2. The molecule has 2 N–H and O–H groups in total. The number of carbonyl (C=O) groups is 1. The van der Waals surface area contributed by atoms with Crippen molar-refractivity contribution < 1.29 is 13.9 Å². The summed E-state index contributed by atoms with van der Waals surface area (Å²) in [4.78, 5) is 20.3. The number of methoxy groups -OCH3 is 1. The molecule has 0 saturated heterocycles. The maximum absolute atomic E-state index is 13.1. The van der Waals surface area contributed by atoms with Gasteiger partial charge in [-0.25, -0.2) is 9.37 Å². The van der Waals surface area contributed by atoms with E-state index in [0.29, 0.717) is 17.1 Å². The molecule has 1 amide bonds. The van der Waals surface area contributed by atoms with Gasteiger partial charge < -0.3 is 15.4 Å². The van der Waals surface area contributed by atoms with E-state index in [0.717, 1.165) is 24.1 Å². The molecule has 0 bridgehead atoms. The van der Waals surface area contributed by atoms with Gasteiger partial charge in [-0.15, -0.1) is 0 Å². The largest absolute Gasteiger partial charge is 0.495 e. The molecule has 2 aromatic carbocycles. The first-order chi connectivity index (χ1) is 15.5. The Bertz CT molecular complexity index is 1090. The average molecular weight is 433 g/mol. The molecule has 0 radical (unpaired) electrons. The minimum atomic E-state index is -0.259. The van der Waals surface area contributed by atoms with Gasteiger partial charge in [0.15, 0.2) is 5.69 Å². The number of ether oxygens (including phenoxy) is 1. The summed E-state index contributed by atoms with van der Waals surface area (Å²) < 4.78 is 18.5. The van der Waals surface area contributed by atoms with Gasteiger partial charge in [-0.05, 0) is 55.3 Å². The predicted molar refractivity (Wildman–Crippen MR) is 119 cm³/mol. The lowest BCUT2D eigenvalue weighted by atomic mass is 10.1. The van der Waals surface area contributed by atoms with Crippen LogP contribution in [-0.2, 0) is 17.6 Å². The van der Waals surface area contributed by atoms with Crippen LogP contribution in [0.25, 0.3) is 0 Å². The summed E-state index contributed by atoms with van der Waals surface area (Å²) in [6.45, 7) is 2.76. The normalized spacial score (nSPS) is 11.4. The molecule has 0 aliphatic rings. The van der Waals surface area contributed by atoms with Crippen LogP contribution < -0.4 is 15.4 Å². The van der Waals surface area contributed by atoms with E-state index in [9.17, 15) is 9.18 Å². The van der Waals surface area contributed by atoms with E-state index >= 15 is 0 Å². The SMILES string of the molecule is COc1cc(CCN[C@H](C)c2ccc(F)cc2)ccc1NC(=O)Cc1cnc(C#N)cn1. The molecule has 8 heteroatoms. The molecule has 0 saturated carbocycles. The highest BCUT2D eigenvalue weighted by Crippen LogP contribution is 2.26. The lowest BCUT2D eigenvalue weighted by Crippen LogP contribution is -2.21. The highest BCUT2D eigenvalue weighted by atomic mass is 19.1. The van der Waals surface area contributed by atoms with Crippen LogP contribution in [0.3, 0.4) is 0 Å². The molecule has 0 fully saturated rings. The zero-order chi connectivity index (χ0) is 22.9. The molecule has 7 nitrogen and oxygen atoms in total. The van der Waals surface area contributed by atoms with Gasteiger partial charge in [0.1, 0.15) is 17.6 Å². The number of nitrogens with zero attached hydrogens (tertiary/aromatic N) is 3. The summed E-state index contributed by atoms with van der Waals surface area (Å²) in [6, 6.07) is 14.1. The van der Waals surface area contributed by atoms with Crippen LogP contribution in [0, 0.1) is 17.1 Å². The molecule has 164 valence electrons. The van der Waals surface area contributed by atoms with Crippen molar-refractivity contribution in [2.75, 3.05) is 19.0 Å². The number of hydrogen-bond donors (Lipinski definition) is 2. The van der Waals surface area contributed by atoms with Gasteiger partial charge >= 0.3 is 0 Å². The van der Waals surface area contributed by atoms with Crippen molar-refractivity contribution in [3.8, 4) is 11.8 Å². The quantitative estimate of drug-likeness (QED) is 0.535. The van der Waals surface area contributed by atoms with Crippen molar-refractivity contribution in [1.82, 2.24) is 15.3 Å². The van der Waals surface area contributed by atoms with Gasteiger partial charge in [-0.3, -0.25) is 9.78 Å². The number of carbonyl (C=O) groups excluding carboxylic acids is 1. The molecular formula is C24H24FN5O2. The topological polar surface area (TPSA) is 99.9 Å². The van der Waals surface area contributed by atoms with E-state index in [1.54, 1.807) is 25.3 Å². The molecular weight excluding hydrogens is 409 g/mol. The summed E-state index contributed by atoms with van der Waals surface area (Å²) >= 11 is 0. The molecule has 1 heterocycles. The third kappa shape index (κ3) is 6.33. The first-order valence-corrected chi connectivity index (χ1v) is 10.1. The van der Waals surface area contributed by atoms with Gasteiger partial charge in [0.25, 0.3) is 0 Å². The molecule has 3 rings (SSSR count). The van der Waals surface area contributed by atoms with Crippen LogP contribution in [0.1, 0.15) is 35.5 Å². The van der Waals surface area contributed by atoms with Gasteiger partial charge in [-0.1, -0.05) is 18.2 Å². The number of rotatable bonds is 9. The minimum Gasteiger partial charge on any atom is -0.495 e. The van der Waals surface area contributed by atoms with Gasteiger partial charge in [0.05, 0.1) is 37.3 Å². The molecule has 0 aliphatic heterocycles. The van der Waals surface area contributed by atoms with Crippen molar-refractivity contribution in [1.29, 1.82) is 5.26 Å². The predicted octanol–water partition coefficient (Wildman–Crippen LogP) is 3.57. The van der Waals surface area contributed by atoms with Crippen molar-refractivity contribution in [2.45, 2.75) is 25.8 Å². The first-order valence-electron chi connectivity index (χ1n) is 10.1. The molecule has 3 aromatic rings. The van der Waals surface area contributed by atoms with Crippen molar-refractivity contribution in [3.05, 3.63) is 83.2 Å². The number of hydrogen-bond acceptors (Lipinski definition) is 6. The highest BCUT2D eigenvalue weighted by molar-refractivity contribution is 5.93. The molecule has 1 atom stereocenters. The maximum atomic E-state index is 13.1. The summed E-state index contributed by atoms with van der Waals surface area (Å²) in [7, 11) is 1.55. The van der Waals surface area contributed by atoms with Crippen LogP contribution in [0.4, 0.5) is 10.1 Å². The zero-order valence-corrected chi connectivity index (χ0v) is 17.9. The molecule has 1 aromatic heterocycles. The molecule has 0 aliphatic carbocycles. The Morgan fingerprint density at radius 3 is 2.62 bits per heavy atom. The Morgan fingerprint density at radius 2 is 1.97 bits per heavy atom. The Labute approximate surface area is 186 Å². The van der Waals surface area contributed by atoms with E-state index < -0.39 is 0 Å². The second-order valence-electron chi connectivity index (χ2n) is 7.24. The minimum absolute atomic E-state index is 0.0365. The van der Waals surface area contributed by atoms with Crippen LogP contribution in [0.5, 0.6) is 5.75 Å². The molecule has 0 spiro atoms. The fraction of sp³-hybridized carbons (Fsp3) is 0.250. The standard InChI is InChI=1S/C24H24FN5O2/c1-16(18-4-6-19(25)7-5-18)27-10-9-17-3-8-22(23(11-17)32-2)30-24(31)12-20-14-29-21(13-26)15-28-20/h3-8,11,14-16,27H,9-10,12H2,1-2H3,(H,30,31)/t16-/m1/s1. The van der Waals surface area contributed by atoms with Gasteiger partial charge in [0, 0.05) is 6.04 Å². The highest BCUT2D eigenvalue weighted by Gasteiger charge is 2.11. The number of anilines is 1. The molecule has 0 unspecified atom stereocenters. The Morgan fingerprint density at radius 1 is 1.19 bits per heavy atom. The number of halogens is 1. The summed E-state index contributed by atoms with van der Waals surface area (Å²) in [5.41, 5.74) is 3.31. The Balaban J connectivity index is 1.54. The van der Waals surface area contributed by atoms with Crippen molar-refractivity contribution in [2.24, 2.45) is 0 Å². The first kappa shape index (κ1) is 22.8. The van der Waals surface area contributed by atoms with Crippen LogP contribution >= 0.6 is 0 Å². The maximum Gasteiger partial charge on any atom is 0.230 e. The smallest absolute Gasteiger partial charge is 0.230 e. The van der Waals surface area contributed by atoms with Crippen molar-refractivity contribution in [3.63, 3.8) is 0 Å². The fourth-order valence-corrected chi connectivity index (χ4v) is 3.16. The zero-order valence-electron chi connectivity index (χ0n) is 17.9. The average Bonchev–Trinajstić information content (AvgIpc) is 2.80. The lowest BCUT2D eigenvalue weighted by Gasteiger charge is -2.15. The Kier molecular flexibility index (Phi) is 7.84. The third-order valence-electron chi connectivity index (χ3n) is 4.94. The summed E-state index contributed by atoms with van der Waals surface area (Å²) in [6.07, 6.45) is 3.55. The van der Waals surface area contributed by atoms with Gasteiger partial charge in [-0.2, -0.15) is 5.26 Å².